The number of aromatic hydroxyl groups is 1. The molecule has 7 heteroatoms. The van der Waals surface area contributed by atoms with E-state index in [1.165, 1.54) is 6.07 Å². The van der Waals surface area contributed by atoms with Crippen LogP contribution in [0.4, 0.5) is 13.2 Å². The van der Waals surface area contributed by atoms with Gasteiger partial charge in [0.25, 0.3) is 0 Å². The molecule has 0 saturated carbocycles. The number of rotatable bonds is 3. The van der Waals surface area contributed by atoms with E-state index in [4.69, 9.17) is 5.73 Å². The maximum absolute atomic E-state index is 12.2. The van der Waals surface area contributed by atoms with Gasteiger partial charge in [0.05, 0.1) is 0 Å². The summed E-state index contributed by atoms with van der Waals surface area (Å²) in [6.07, 6.45) is -3.11. The highest BCUT2D eigenvalue weighted by molar-refractivity contribution is 5.41. The predicted molar refractivity (Wildman–Crippen MR) is 67.3 cm³/mol. The molecule has 4 nitrogen and oxygen atoms in total. The maximum Gasteiger partial charge on any atom is 0.573 e. The fourth-order valence-electron chi connectivity index (χ4n) is 2.45. The smallest absolute Gasteiger partial charge is 0.508 e. The summed E-state index contributed by atoms with van der Waals surface area (Å²) >= 11 is 0. The molecule has 20 heavy (non-hydrogen) atoms. The molecule has 112 valence electrons. The largest absolute Gasteiger partial charge is 0.573 e. The van der Waals surface area contributed by atoms with Crippen molar-refractivity contribution in [2.45, 2.75) is 25.2 Å². The second-order valence-electron chi connectivity index (χ2n) is 4.88. The number of phenolic OH excluding ortho intramolecular Hbond substituents is 1. The van der Waals surface area contributed by atoms with Gasteiger partial charge in [-0.1, -0.05) is 0 Å². The summed E-state index contributed by atoms with van der Waals surface area (Å²) in [5.74, 6) is -0.344. The third kappa shape index (κ3) is 3.77. The van der Waals surface area contributed by atoms with Crippen molar-refractivity contribution in [3.63, 3.8) is 0 Å². The fraction of sp³-hybridized carbons (Fsp3) is 0.538. The minimum atomic E-state index is -4.76. The molecule has 4 N–H and O–H groups in total. The molecule has 1 saturated heterocycles. The van der Waals surface area contributed by atoms with Crippen molar-refractivity contribution in [2.75, 3.05) is 13.1 Å². The molecule has 1 fully saturated rings. The zero-order valence-corrected chi connectivity index (χ0v) is 10.8. The molecule has 1 heterocycles. The standard InChI is InChI=1S/C13H17F3N2O2/c14-13(15,16)20-9-1-2-11(19)10(7-9)12(17)8-3-5-18-6-4-8/h1-2,7-8,12,18-19H,3-6,17H2/t12-/m1/s1. The van der Waals surface area contributed by atoms with Gasteiger partial charge in [-0.2, -0.15) is 0 Å². The van der Waals surface area contributed by atoms with Crippen molar-refractivity contribution in [3.05, 3.63) is 23.8 Å². The number of hydrogen-bond acceptors (Lipinski definition) is 4. The van der Waals surface area contributed by atoms with Crippen LogP contribution in [0.3, 0.4) is 0 Å². The van der Waals surface area contributed by atoms with Gasteiger partial charge < -0.3 is 20.9 Å². The van der Waals surface area contributed by atoms with Crippen molar-refractivity contribution in [1.29, 1.82) is 0 Å². The van der Waals surface area contributed by atoms with Crippen LogP contribution in [0.1, 0.15) is 24.4 Å². The first-order valence-corrected chi connectivity index (χ1v) is 6.42. The third-order valence-corrected chi connectivity index (χ3v) is 3.48. The number of piperidine rings is 1. The average Bonchev–Trinajstić information content (AvgIpc) is 2.40. The predicted octanol–water partition coefficient (Wildman–Crippen LogP) is 2.29. The molecule has 1 aliphatic heterocycles. The molecule has 1 atom stereocenters. The number of hydrogen-bond donors (Lipinski definition) is 3. The Labute approximate surface area is 114 Å². The van der Waals surface area contributed by atoms with E-state index in [1.54, 1.807) is 0 Å². The summed E-state index contributed by atoms with van der Waals surface area (Å²) in [6, 6.07) is 2.91. The van der Waals surface area contributed by atoms with Gasteiger partial charge >= 0.3 is 6.36 Å². The van der Waals surface area contributed by atoms with Gasteiger partial charge in [0.2, 0.25) is 0 Å². The Morgan fingerprint density at radius 1 is 1.30 bits per heavy atom. The van der Waals surface area contributed by atoms with Gasteiger partial charge in [-0.3, -0.25) is 0 Å². The lowest BCUT2D eigenvalue weighted by Gasteiger charge is -2.29. The molecule has 0 aliphatic carbocycles. The van der Waals surface area contributed by atoms with Crippen molar-refractivity contribution >= 4 is 0 Å². The van der Waals surface area contributed by atoms with E-state index in [-0.39, 0.29) is 17.4 Å². The Morgan fingerprint density at radius 3 is 2.55 bits per heavy atom. The van der Waals surface area contributed by atoms with E-state index in [0.717, 1.165) is 38.1 Å². The normalized spacial score (nSPS) is 18.8. The summed E-state index contributed by atoms with van der Waals surface area (Å²) in [7, 11) is 0. The van der Waals surface area contributed by atoms with Crippen LogP contribution in [0.25, 0.3) is 0 Å². The molecule has 0 radical (unpaired) electrons. The van der Waals surface area contributed by atoms with E-state index < -0.39 is 12.4 Å². The molecule has 0 unspecified atom stereocenters. The first-order chi connectivity index (χ1) is 9.37. The Hall–Kier alpha value is -1.47. The number of halogens is 3. The van der Waals surface area contributed by atoms with Gasteiger partial charge in [-0.25, -0.2) is 0 Å². The summed E-state index contributed by atoms with van der Waals surface area (Å²) in [6.45, 7) is 1.63. The van der Waals surface area contributed by atoms with Crippen LogP contribution in [0.5, 0.6) is 11.5 Å². The molecule has 0 aromatic heterocycles. The lowest BCUT2D eigenvalue weighted by molar-refractivity contribution is -0.274. The highest BCUT2D eigenvalue weighted by atomic mass is 19.4. The Balaban J connectivity index is 2.18. The number of nitrogens with one attached hydrogen (secondary N) is 1. The van der Waals surface area contributed by atoms with E-state index in [9.17, 15) is 18.3 Å². The highest BCUT2D eigenvalue weighted by Gasteiger charge is 2.32. The monoisotopic (exact) mass is 290 g/mol. The average molecular weight is 290 g/mol. The molecule has 1 aromatic rings. The molecule has 2 rings (SSSR count). The number of nitrogens with two attached hydrogens (primary N) is 1. The summed E-state index contributed by atoms with van der Waals surface area (Å²) in [5.41, 5.74) is 6.37. The van der Waals surface area contributed by atoms with Gasteiger partial charge in [-0.15, -0.1) is 13.2 Å². The Bertz CT molecular complexity index is 459. The first kappa shape index (κ1) is 14.9. The minimum Gasteiger partial charge on any atom is -0.508 e. The molecular formula is C13H17F3N2O2. The maximum atomic E-state index is 12.2. The van der Waals surface area contributed by atoms with Crippen LogP contribution in [-0.2, 0) is 0 Å². The van der Waals surface area contributed by atoms with Crippen LogP contribution in [0.15, 0.2) is 18.2 Å². The first-order valence-electron chi connectivity index (χ1n) is 6.42. The Morgan fingerprint density at radius 2 is 1.95 bits per heavy atom. The van der Waals surface area contributed by atoms with Gasteiger partial charge in [-0.05, 0) is 50.0 Å². The van der Waals surface area contributed by atoms with Crippen molar-refractivity contribution in [2.24, 2.45) is 11.7 Å². The number of phenols is 1. The number of benzene rings is 1. The topological polar surface area (TPSA) is 67.5 Å². The Kier molecular flexibility index (Phi) is 4.39. The summed E-state index contributed by atoms with van der Waals surface area (Å²) in [5, 5.41) is 13.0. The van der Waals surface area contributed by atoms with Crippen LogP contribution in [0, 0.1) is 5.92 Å². The van der Waals surface area contributed by atoms with Gasteiger partial charge in [0, 0.05) is 11.6 Å². The molecule has 0 spiro atoms. The minimum absolute atomic E-state index is 0.106. The lowest BCUT2D eigenvalue weighted by Crippen LogP contribution is -2.33. The summed E-state index contributed by atoms with van der Waals surface area (Å²) in [4.78, 5) is 0. The van der Waals surface area contributed by atoms with Crippen molar-refractivity contribution < 1.29 is 23.0 Å². The third-order valence-electron chi connectivity index (χ3n) is 3.48. The second-order valence-corrected chi connectivity index (χ2v) is 4.88. The molecule has 1 aliphatic rings. The quantitative estimate of drug-likeness (QED) is 0.799. The van der Waals surface area contributed by atoms with E-state index in [2.05, 4.69) is 10.1 Å². The molecule has 0 bridgehead atoms. The van der Waals surface area contributed by atoms with Crippen LogP contribution in [-0.4, -0.2) is 24.6 Å². The second kappa shape index (κ2) is 5.88. The van der Waals surface area contributed by atoms with E-state index in [0.29, 0.717) is 5.56 Å². The SMILES string of the molecule is N[C@@H](c1cc(OC(F)(F)F)ccc1O)C1CCNCC1. The van der Waals surface area contributed by atoms with Crippen molar-refractivity contribution in [3.8, 4) is 11.5 Å². The molecule has 0 amide bonds. The number of ether oxygens (including phenoxy) is 1. The number of alkyl halides is 3. The van der Waals surface area contributed by atoms with E-state index in [1.807, 2.05) is 0 Å². The van der Waals surface area contributed by atoms with Crippen LogP contribution < -0.4 is 15.8 Å². The molecule has 1 aromatic carbocycles. The van der Waals surface area contributed by atoms with Crippen molar-refractivity contribution in [1.82, 2.24) is 5.32 Å². The lowest BCUT2D eigenvalue weighted by atomic mass is 9.86. The highest BCUT2D eigenvalue weighted by Crippen LogP contribution is 2.35. The van der Waals surface area contributed by atoms with Crippen LogP contribution >= 0.6 is 0 Å². The zero-order valence-electron chi connectivity index (χ0n) is 10.8. The zero-order chi connectivity index (χ0) is 14.8. The van der Waals surface area contributed by atoms with Crippen LogP contribution in [0.2, 0.25) is 0 Å². The summed E-state index contributed by atoms with van der Waals surface area (Å²) < 4.78 is 40.5. The van der Waals surface area contributed by atoms with Gasteiger partial charge in [0.15, 0.2) is 0 Å². The van der Waals surface area contributed by atoms with E-state index >= 15 is 0 Å². The fourth-order valence-corrected chi connectivity index (χ4v) is 2.45. The van der Waals surface area contributed by atoms with Gasteiger partial charge in [0.1, 0.15) is 11.5 Å². The molecular weight excluding hydrogens is 273 g/mol.